The highest BCUT2D eigenvalue weighted by Crippen LogP contribution is 2.23. The fourth-order valence-electron chi connectivity index (χ4n) is 2.21. The van der Waals surface area contributed by atoms with Crippen LogP contribution in [0.1, 0.15) is 38.1 Å². The van der Waals surface area contributed by atoms with E-state index in [0.717, 1.165) is 55.6 Å². The van der Waals surface area contributed by atoms with Gasteiger partial charge in [-0.1, -0.05) is 11.3 Å². The zero-order valence-corrected chi connectivity index (χ0v) is 12.0. The van der Waals surface area contributed by atoms with Crippen LogP contribution in [0.3, 0.4) is 0 Å². The molecular weight excluding hydrogens is 248 g/mol. The average molecular weight is 270 g/mol. The Morgan fingerprint density at radius 1 is 1.39 bits per heavy atom. The number of rotatable bonds is 4. The summed E-state index contributed by atoms with van der Waals surface area (Å²) in [5, 5.41) is 23.5. The van der Waals surface area contributed by atoms with E-state index in [1.54, 1.807) is 11.3 Å². The fraction of sp³-hybridized carbons (Fsp3) is 0.833. The second-order valence-electron chi connectivity index (χ2n) is 5.16. The Morgan fingerprint density at radius 3 is 3.00 bits per heavy atom. The van der Waals surface area contributed by atoms with Crippen molar-refractivity contribution in [2.75, 3.05) is 25.0 Å². The Balaban J connectivity index is 1.88. The van der Waals surface area contributed by atoms with E-state index in [0.29, 0.717) is 0 Å². The van der Waals surface area contributed by atoms with Gasteiger partial charge >= 0.3 is 0 Å². The molecule has 1 unspecified atom stereocenters. The molecule has 0 amide bonds. The summed E-state index contributed by atoms with van der Waals surface area (Å²) >= 11 is 1.62. The molecule has 1 aliphatic heterocycles. The van der Waals surface area contributed by atoms with Gasteiger partial charge in [0, 0.05) is 13.1 Å². The van der Waals surface area contributed by atoms with Gasteiger partial charge in [-0.25, -0.2) is 0 Å². The zero-order chi connectivity index (χ0) is 13.0. The first kappa shape index (κ1) is 13.7. The molecule has 0 spiro atoms. The zero-order valence-electron chi connectivity index (χ0n) is 11.1. The number of aliphatic hydroxyl groups is 1. The summed E-state index contributed by atoms with van der Waals surface area (Å²) in [5.41, 5.74) is -0.495. The van der Waals surface area contributed by atoms with Crippen molar-refractivity contribution in [2.24, 2.45) is 0 Å². The molecule has 102 valence electrons. The lowest BCUT2D eigenvalue weighted by Crippen LogP contribution is -2.28. The number of likely N-dealkylation sites (tertiary alicyclic amines) is 1. The molecule has 0 bridgehead atoms. The van der Waals surface area contributed by atoms with Gasteiger partial charge in [-0.3, -0.25) is 4.90 Å². The minimum Gasteiger partial charge on any atom is -0.390 e. The number of nitrogens with zero attached hydrogens (tertiary/aromatic N) is 3. The van der Waals surface area contributed by atoms with Gasteiger partial charge in [-0.05, 0) is 39.7 Å². The van der Waals surface area contributed by atoms with Crippen LogP contribution in [-0.2, 0) is 6.54 Å². The molecule has 1 aliphatic rings. The normalized spacial score (nSPS) is 25.9. The highest BCUT2D eigenvalue weighted by Gasteiger charge is 2.25. The van der Waals surface area contributed by atoms with Crippen molar-refractivity contribution in [3.63, 3.8) is 0 Å². The van der Waals surface area contributed by atoms with Crippen LogP contribution in [0.2, 0.25) is 0 Å². The second-order valence-corrected chi connectivity index (χ2v) is 6.22. The van der Waals surface area contributed by atoms with Gasteiger partial charge < -0.3 is 10.4 Å². The molecule has 1 aromatic heterocycles. The summed E-state index contributed by atoms with van der Waals surface area (Å²) in [6, 6.07) is 0. The van der Waals surface area contributed by atoms with E-state index in [-0.39, 0.29) is 0 Å². The Bertz CT molecular complexity index is 380. The second kappa shape index (κ2) is 5.95. The topological polar surface area (TPSA) is 61.3 Å². The van der Waals surface area contributed by atoms with Crippen LogP contribution in [0.15, 0.2) is 0 Å². The maximum absolute atomic E-state index is 10.1. The first-order valence-electron chi connectivity index (χ1n) is 6.60. The SMILES string of the molecule is CCNc1nnc(CN2CCCC(C)(O)CC2)s1. The Morgan fingerprint density at radius 2 is 2.22 bits per heavy atom. The third kappa shape index (κ3) is 3.90. The molecule has 0 saturated carbocycles. The van der Waals surface area contributed by atoms with Crippen LogP contribution < -0.4 is 5.32 Å². The molecule has 6 heteroatoms. The molecular formula is C12H22N4OS. The van der Waals surface area contributed by atoms with Crippen LogP contribution in [0.5, 0.6) is 0 Å². The van der Waals surface area contributed by atoms with Crippen LogP contribution in [0.4, 0.5) is 5.13 Å². The van der Waals surface area contributed by atoms with Crippen LogP contribution >= 0.6 is 11.3 Å². The van der Waals surface area contributed by atoms with Crippen molar-refractivity contribution in [1.29, 1.82) is 0 Å². The van der Waals surface area contributed by atoms with E-state index in [9.17, 15) is 5.11 Å². The van der Waals surface area contributed by atoms with Crippen molar-refractivity contribution >= 4 is 16.5 Å². The Kier molecular flexibility index (Phi) is 4.53. The van der Waals surface area contributed by atoms with Gasteiger partial charge in [0.15, 0.2) is 0 Å². The largest absolute Gasteiger partial charge is 0.390 e. The molecule has 0 aromatic carbocycles. The van der Waals surface area contributed by atoms with Gasteiger partial charge in [0.25, 0.3) is 0 Å². The summed E-state index contributed by atoms with van der Waals surface area (Å²) in [7, 11) is 0. The Hall–Kier alpha value is -0.720. The highest BCUT2D eigenvalue weighted by atomic mass is 32.1. The van der Waals surface area contributed by atoms with E-state index in [2.05, 4.69) is 27.3 Å². The van der Waals surface area contributed by atoms with Crippen molar-refractivity contribution in [3.8, 4) is 0 Å². The molecule has 5 nitrogen and oxygen atoms in total. The third-order valence-electron chi connectivity index (χ3n) is 3.31. The number of hydrogen-bond acceptors (Lipinski definition) is 6. The molecule has 1 atom stereocenters. The standard InChI is InChI=1S/C12H22N4OS/c1-3-13-11-15-14-10(18-11)9-16-7-4-5-12(2,17)6-8-16/h17H,3-9H2,1-2H3,(H,13,15). The summed E-state index contributed by atoms with van der Waals surface area (Å²) in [6.45, 7) is 7.68. The quantitative estimate of drug-likeness (QED) is 0.872. The molecule has 1 aromatic rings. The lowest BCUT2D eigenvalue weighted by Gasteiger charge is -2.21. The minimum atomic E-state index is -0.495. The van der Waals surface area contributed by atoms with E-state index < -0.39 is 5.60 Å². The highest BCUT2D eigenvalue weighted by molar-refractivity contribution is 7.15. The van der Waals surface area contributed by atoms with Gasteiger partial charge in [-0.2, -0.15) is 0 Å². The maximum Gasteiger partial charge on any atom is 0.205 e. The van der Waals surface area contributed by atoms with E-state index in [4.69, 9.17) is 0 Å². The first-order chi connectivity index (χ1) is 8.59. The number of hydrogen-bond donors (Lipinski definition) is 2. The van der Waals surface area contributed by atoms with Gasteiger partial charge in [0.05, 0.1) is 12.1 Å². The van der Waals surface area contributed by atoms with E-state index >= 15 is 0 Å². The van der Waals surface area contributed by atoms with Crippen molar-refractivity contribution in [3.05, 3.63) is 5.01 Å². The summed E-state index contributed by atoms with van der Waals surface area (Å²) in [4.78, 5) is 2.36. The molecule has 0 aliphatic carbocycles. The van der Waals surface area contributed by atoms with Crippen molar-refractivity contribution < 1.29 is 5.11 Å². The Labute approximate surface area is 112 Å². The first-order valence-corrected chi connectivity index (χ1v) is 7.42. The average Bonchev–Trinajstić information content (AvgIpc) is 2.66. The number of anilines is 1. The van der Waals surface area contributed by atoms with E-state index in [1.807, 2.05) is 6.92 Å². The van der Waals surface area contributed by atoms with Gasteiger partial charge in [0.2, 0.25) is 5.13 Å². The summed E-state index contributed by atoms with van der Waals surface area (Å²) < 4.78 is 0. The molecule has 1 fully saturated rings. The van der Waals surface area contributed by atoms with Crippen molar-refractivity contribution in [2.45, 2.75) is 45.3 Å². The molecule has 18 heavy (non-hydrogen) atoms. The predicted octanol–water partition coefficient (Wildman–Crippen LogP) is 1.71. The summed E-state index contributed by atoms with van der Waals surface area (Å²) in [5.74, 6) is 0. The minimum absolute atomic E-state index is 0.495. The molecule has 1 saturated heterocycles. The smallest absolute Gasteiger partial charge is 0.205 e. The molecule has 0 radical (unpaired) electrons. The van der Waals surface area contributed by atoms with Crippen molar-refractivity contribution in [1.82, 2.24) is 15.1 Å². The molecule has 2 N–H and O–H groups in total. The molecule has 2 heterocycles. The monoisotopic (exact) mass is 270 g/mol. The number of nitrogens with one attached hydrogen (secondary N) is 1. The predicted molar refractivity (Wildman–Crippen MR) is 73.8 cm³/mol. The van der Waals surface area contributed by atoms with Gasteiger partial charge in [0.1, 0.15) is 5.01 Å². The lowest BCUT2D eigenvalue weighted by molar-refractivity contribution is 0.0444. The maximum atomic E-state index is 10.1. The molecule has 2 rings (SSSR count). The van der Waals surface area contributed by atoms with Gasteiger partial charge in [-0.15, -0.1) is 10.2 Å². The van der Waals surface area contributed by atoms with E-state index in [1.165, 1.54) is 0 Å². The van der Waals surface area contributed by atoms with Crippen LogP contribution in [0.25, 0.3) is 0 Å². The summed E-state index contributed by atoms with van der Waals surface area (Å²) in [6.07, 6.45) is 2.78. The van der Waals surface area contributed by atoms with Crippen LogP contribution in [0, 0.1) is 0 Å². The third-order valence-corrected chi connectivity index (χ3v) is 4.18. The number of aromatic nitrogens is 2. The van der Waals surface area contributed by atoms with Crippen LogP contribution in [-0.4, -0.2) is 45.4 Å². The fourth-order valence-corrected chi connectivity index (χ4v) is 3.06. The lowest BCUT2D eigenvalue weighted by atomic mass is 9.98.